The Hall–Kier alpha value is -0.910. The predicted molar refractivity (Wildman–Crippen MR) is 71.4 cm³/mol. The molecule has 0 aromatic carbocycles. The van der Waals surface area contributed by atoms with Gasteiger partial charge >= 0.3 is 0 Å². The smallest absolute Gasteiger partial charge is 0.0791 e. The molecule has 18 heavy (non-hydrogen) atoms. The third-order valence-electron chi connectivity index (χ3n) is 3.39. The number of aromatic nitrogens is 2. The van der Waals surface area contributed by atoms with Gasteiger partial charge in [-0.05, 0) is 38.9 Å². The van der Waals surface area contributed by atoms with Crippen LogP contribution in [-0.4, -0.2) is 58.1 Å². The number of nitrogens with one attached hydrogen (secondary N) is 1. The first-order valence-corrected chi connectivity index (χ1v) is 6.85. The first kappa shape index (κ1) is 13.5. The van der Waals surface area contributed by atoms with Gasteiger partial charge in [-0.15, -0.1) is 0 Å². The molecule has 1 aliphatic rings. The van der Waals surface area contributed by atoms with E-state index < -0.39 is 0 Å². The van der Waals surface area contributed by atoms with Crippen LogP contribution in [0.15, 0.2) is 18.5 Å². The summed E-state index contributed by atoms with van der Waals surface area (Å²) >= 11 is 0. The van der Waals surface area contributed by atoms with E-state index in [1.165, 1.54) is 12.8 Å². The van der Waals surface area contributed by atoms with Gasteiger partial charge in [0.05, 0.1) is 12.6 Å². The first-order chi connectivity index (χ1) is 8.74. The summed E-state index contributed by atoms with van der Waals surface area (Å²) in [6.45, 7) is 6.67. The van der Waals surface area contributed by atoms with Gasteiger partial charge in [-0.25, -0.2) is 0 Å². The lowest BCUT2D eigenvalue weighted by Gasteiger charge is -2.21. The second-order valence-electron chi connectivity index (χ2n) is 5.20. The van der Waals surface area contributed by atoms with Gasteiger partial charge in [0, 0.05) is 31.5 Å². The summed E-state index contributed by atoms with van der Waals surface area (Å²) in [6.07, 6.45) is 6.02. The lowest BCUT2D eigenvalue weighted by molar-refractivity contribution is 0.120. The minimum Gasteiger partial charge on any atom is -0.390 e. The van der Waals surface area contributed by atoms with Crippen molar-refractivity contribution < 1.29 is 5.11 Å². The molecule has 2 atom stereocenters. The highest BCUT2D eigenvalue weighted by Gasteiger charge is 2.16. The number of aliphatic hydroxyl groups excluding tert-OH is 1. The van der Waals surface area contributed by atoms with Crippen LogP contribution >= 0.6 is 0 Å². The van der Waals surface area contributed by atoms with Crippen molar-refractivity contribution in [2.75, 3.05) is 26.2 Å². The zero-order chi connectivity index (χ0) is 12.8. The average molecular weight is 252 g/mol. The number of likely N-dealkylation sites (tertiary alicyclic amines) is 1. The molecule has 0 saturated carbocycles. The standard InChI is InChI=1S/C13H24N4O/c1-12(10-17-8-4-5-15-17)14-9-13(18)11-16-6-2-3-7-16/h4-5,8,12-14,18H,2-3,6-7,9-11H2,1H3. The zero-order valence-corrected chi connectivity index (χ0v) is 11.1. The van der Waals surface area contributed by atoms with Crippen molar-refractivity contribution in [2.24, 2.45) is 0 Å². The monoisotopic (exact) mass is 252 g/mol. The van der Waals surface area contributed by atoms with Crippen molar-refractivity contribution in [2.45, 2.75) is 38.5 Å². The molecule has 0 amide bonds. The summed E-state index contributed by atoms with van der Waals surface area (Å²) < 4.78 is 1.91. The zero-order valence-electron chi connectivity index (χ0n) is 11.1. The Bertz CT molecular complexity index is 322. The third-order valence-corrected chi connectivity index (χ3v) is 3.39. The van der Waals surface area contributed by atoms with E-state index >= 15 is 0 Å². The fourth-order valence-electron chi connectivity index (χ4n) is 2.42. The normalized spacial score (nSPS) is 20.1. The number of aliphatic hydroxyl groups is 1. The molecule has 1 fully saturated rings. The molecule has 1 aromatic heterocycles. The van der Waals surface area contributed by atoms with Crippen LogP contribution in [0.2, 0.25) is 0 Å². The van der Waals surface area contributed by atoms with Crippen LogP contribution in [0.5, 0.6) is 0 Å². The predicted octanol–water partition coefficient (Wildman–Crippen LogP) is 0.318. The summed E-state index contributed by atoms with van der Waals surface area (Å²) in [5, 5.41) is 17.5. The van der Waals surface area contributed by atoms with Crippen LogP contribution in [0, 0.1) is 0 Å². The average Bonchev–Trinajstić information content (AvgIpc) is 2.99. The number of hydrogen-bond acceptors (Lipinski definition) is 4. The number of rotatable bonds is 7. The van der Waals surface area contributed by atoms with Gasteiger partial charge in [-0.3, -0.25) is 4.68 Å². The van der Waals surface area contributed by atoms with Crippen LogP contribution in [0.25, 0.3) is 0 Å². The maximum absolute atomic E-state index is 9.96. The largest absolute Gasteiger partial charge is 0.390 e. The SMILES string of the molecule is CC(Cn1cccn1)NCC(O)CN1CCCC1. The van der Waals surface area contributed by atoms with Gasteiger partial charge in [0.15, 0.2) is 0 Å². The van der Waals surface area contributed by atoms with E-state index in [2.05, 4.69) is 22.2 Å². The van der Waals surface area contributed by atoms with Crippen molar-refractivity contribution >= 4 is 0 Å². The summed E-state index contributed by atoms with van der Waals surface area (Å²) in [6, 6.07) is 2.24. The first-order valence-electron chi connectivity index (χ1n) is 6.85. The molecule has 0 spiro atoms. The van der Waals surface area contributed by atoms with Crippen molar-refractivity contribution in [1.82, 2.24) is 20.0 Å². The molecule has 1 aromatic rings. The van der Waals surface area contributed by atoms with Gasteiger partial charge in [0.2, 0.25) is 0 Å². The van der Waals surface area contributed by atoms with Crippen molar-refractivity contribution in [3.8, 4) is 0 Å². The van der Waals surface area contributed by atoms with Crippen LogP contribution in [0.1, 0.15) is 19.8 Å². The quantitative estimate of drug-likeness (QED) is 0.734. The van der Waals surface area contributed by atoms with E-state index in [9.17, 15) is 5.11 Å². The fourth-order valence-corrected chi connectivity index (χ4v) is 2.42. The third kappa shape index (κ3) is 4.40. The van der Waals surface area contributed by atoms with Gasteiger partial charge in [0.25, 0.3) is 0 Å². The Kier molecular flexibility index (Phi) is 5.16. The highest BCUT2D eigenvalue weighted by atomic mass is 16.3. The maximum Gasteiger partial charge on any atom is 0.0791 e. The van der Waals surface area contributed by atoms with E-state index in [-0.39, 0.29) is 6.10 Å². The van der Waals surface area contributed by atoms with Crippen LogP contribution in [-0.2, 0) is 6.54 Å². The Balaban J connectivity index is 1.61. The summed E-state index contributed by atoms with van der Waals surface area (Å²) in [7, 11) is 0. The number of β-amino-alcohol motifs (C(OH)–C–C–N with tert-alkyl or cyclic N) is 1. The molecule has 2 N–H and O–H groups in total. The summed E-state index contributed by atoms with van der Waals surface area (Å²) in [4.78, 5) is 2.34. The fraction of sp³-hybridized carbons (Fsp3) is 0.769. The molecule has 2 unspecified atom stereocenters. The number of hydrogen-bond donors (Lipinski definition) is 2. The van der Waals surface area contributed by atoms with E-state index in [1.807, 2.05) is 16.9 Å². The molecule has 5 heteroatoms. The highest BCUT2D eigenvalue weighted by Crippen LogP contribution is 2.07. The Morgan fingerprint density at radius 3 is 2.78 bits per heavy atom. The van der Waals surface area contributed by atoms with Gasteiger partial charge in [0.1, 0.15) is 0 Å². The molecule has 1 saturated heterocycles. The maximum atomic E-state index is 9.96. The second-order valence-corrected chi connectivity index (χ2v) is 5.20. The van der Waals surface area contributed by atoms with Gasteiger partial charge < -0.3 is 15.3 Å². The molecule has 2 heterocycles. The van der Waals surface area contributed by atoms with E-state index in [0.29, 0.717) is 12.6 Å². The van der Waals surface area contributed by atoms with E-state index in [1.54, 1.807) is 6.20 Å². The van der Waals surface area contributed by atoms with Gasteiger partial charge in [-0.1, -0.05) is 0 Å². The van der Waals surface area contributed by atoms with Crippen molar-refractivity contribution in [3.63, 3.8) is 0 Å². The number of nitrogens with zero attached hydrogens (tertiary/aromatic N) is 3. The van der Waals surface area contributed by atoms with Crippen LogP contribution in [0.3, 0.4) is 0 Å². The molecule has 0 aliphatic carbocycles. The van der Waals surface area contributed by atoms with Crippen LogP contribution < -0.4 is 5.32 Å². The highest BCUT2D eigenvalue weighted by molar-refractivity contribution is 4.79. The molecule has 2 rings (SSSR count). The van der Waals surface area contributed by atoms with Crippen molar-refractivity contribution in [3.05, 3.63) is 18.5 Å². The lowest BCUT2D eigenvalue weighted by atomic mass is 10.2. The molecular formula is C13H24N4O. The second kappa shape index (κ2) is 6.87. The lowest BCUT2D eigenvalue weighted by Crippen LogP contribution is -2.41. The Morgan fingerprint density at radius 2 is 2.11 bits per heavy atom. The van der Waals surface area contributed by atoms with E-state index in [4.69, 9.17) is 0 Å². The molecule has 0 radical (unpaired) electrons. The Labute approximate surface area is 109 Å². The van der Waals surface area contributed by atoms with E-state index in [0.717, 1.165) is 26.2 Å². The molecule has 0 bridgehead atoms. The topological polar surface area (TPSA) is 53.3 Å². The minimum absolute atomic E-state index is 0.275. The summed E-state index contributed by atoms with van der Waals surface area (Å²) in [5.74, 6) is 0. The summed E-state index contributed by atoms with van der Waals surface area (Å²) in [5.41, 5.74) is 0. The Morgan fingerprint density at radius 1 is 1.33 bits per heavy atom. The van der Waals surface area contributed by atoms with Gasteiger partial charge in [-0.2, -0.15) is 5.10 Å². The van der Waals surface area contributed by atoms with Crippen LogP contribution in [0.4, 0.5) is 0 Å². The molecular weight excluding hydrogens is 228 g/mol. The van der Waals surface area contributed by atoms with Crippen molar-refractivity contribution in [1.29, 1.82) is 0 Å². The molecule has 1 aliphatic heterocycles. The minimum atomic E-state index is -0.275. The molecule has 5 nitrogen and oxygen atoms in total. The molecule has 102 valence electrons.